The number of carboxylic acids is 1. The van der Waals surface area contributed by atoms with E-state index >= 15 is 0 Å². The first kappa shape index (κ1) is 18.4. The molecule has 1 amide bonds. The molecular weight excluding hydrogens is 302 g/mol. The minimum atomic E-state index is -1.00. The lowest BCUT2D eigenvalue weighted by atomic mass is 9.99. The number of amides is 1. The Hall–Kier alpha value is -1.69. The van der Waals surface area contributed by atoms with Gasteiger partial charge in [-0.05, 0) is 25.0 Å². The van der Waals surface area contributed by atoms with Crippen LogP contribution in [0.25, 0.3) is 0 Å². The Balaban J connectivity index is 2.74. The highest BCUT2D eigenvalue weighted by Gasteiger charge is 2.27. The van der Waals surface area contributed by atoms with Crippen LogP contribution < -0.4 is 10.1 Å². The van der Waals surface area contributed by atoms with Gasteiger partial charge in [0, 0.05) is 0 Å². The monoisotopic (exact) mass is 325 g/mol. The molecule has 3 atom stereocenters. The quantitative estimate of drug-likeness (QED) is 0.719. The Morgan fingerprint density at radius 3 is 2.50 bits per heavy atom. The Morgan fingerprint density at radius 2 is 1.95 bits per heavy atom. The van der Waals surface area contributed by atoms with Crippen molar-refractivity contribution in [2.24, 2.45) is 5.92 Å². The van der Waals surface area contributed by atoms with E-state index in [0.717, 1.165) is 4.90 Å². The molecule has 0 radical (unpaired) electrons. The van der Waals surface area contributed by atoms with Crippen molar-refractivity contribution in [1.82, 2.24) is 5.32 Å². The molecule has 1 aromatic carbocycles. The normalized spacial score (nSPS) is 14.7. The van der Waals surface area contributed by atoms with Crippen LogP contribution in [-0.4, -0.2) is 35.4 Å². The average molecular weight is 325 g/mol. The van der Waals surface area contributed by atoms with Gasteiger partial charge >= 0.3 is 5.97 Å². The van der Waals surface area contributed by atoms with Crippen molar-refractivity contribution < 1.29 is 19.4 Å². The molecule has 0 saturated heterocycles. The van der Waals surface area contributed by atoms with E-state index in [4.69, 9.17) is 4.74 Å². The molecule has 0 aromatic heterocycles. The van der Waals surface area contributed by atoms with Gasteiger partial charge in [0.05, 0.1) is 17.3 Å². The number of nitrogens with one attached hydrogen (secondary N) is 1. The first-order chi connectivity index (χ1) is 10.4. The van der Waals surface area contributed by atoms with Crippen LogP contribution in [-0.2, 0) is 9.59 Å². The zero-order valence-corrected chi connectivity index (χ0v) is 14.1. The second kappa shape index (κ2) is 8.68. The van der Waals surface area contributed by atoms with Crippen molar-refractivity contribution in [3.8, 4) is 5.75 Å². The number of ether oxygens (including phenoxy) is 1. The number of methoxy groups -OCH3 is 1. The van der Waals surface area contributed by atoms with E-state index in [1.54, 1.807) is 14.0 Å². The summed E-state index contributed by atoms with van der Waals surface area (Å²) >= 11 is 1.35. The molecule has 0 aliphatic heterocycles. The third-order valence-corrected chi connectivity index (χ3v) is 4.68. The number of para-hydroxylation sites is 1. The summed E-state index contributed by atoms with van der Waals surface area (Å²) in [6.07, 6.45) is 0.686. The van der Waals surface area contributed by atoms with Crippen LogP contribution in [0.3, 0.4) is 0 Å². The van der Waals surface area contributed by atoms with Gasteiger partial charge in [-0.3, -0.25) is 4.79 Å². The van der Waals surface area contributed by atoms with Gasteiger partial charge in [-0.15, -0.1) is 11.8 Å². The molecule has 2 N–H and O–H groups in total. The number of hydrogen-bond acceptors (Lipinski definition) is 4. The van der Waals surface area contributed by atoms with Crippen LogP contribution in [0.1, 0.15) is 27.2 Å². The molecule has 0 saturated carbocycles. The summed E-state index contributed by atoms with van der Waals surface area (Å²) in [6.45, 7) is 5.47. The van der Waals surface area contributed by atoms with Crippen molar-refractivity contribution in [3.63, 3.8) is 0 Å². The maximum absolute atomic E-state index is 12.2. The van der Waals surface area contributed by atoms with Gasteiger partial charge in [0.25, 0.3) is 0 Å². The molecule has 1 aromatic rings. The molecule has 1 rings (SSSR count). The fourth-order valence-corrected chi connectivity index (χ4v) is 2.89. The summed E-state index contributed by atoms with van der Waals surface area (Å²) in [5.41, 5.74) is 0. The third-order valence-electron chi connectivity index (χ3n) is 3.52. The van der Waals surface area contributed by atoms with Crippen molar-refractivity contribution in [3.05, 3.63) is 24.3 Å². The van der Waals surface area contributed by atoms with E-state index in [-0.39, 0.29) is 11.8 Å². The summed E-state index contributed by atoms with van der Waals surface area (Å²) < 4.78 is 5.25. The highest BCUT2D eigenvalue weighted by atomic mass is 32.2. The number of aliphatic carboxylic acids is 1. The molecular formula is C16H23NO4S. The summed E-state index contributed by atoms with van der Waals surface area (Å²) in [4.78, 5) is 24.4. The molecule has 0 bridgehead atoms. The summed E-state index contributed by atoms with van der Waals surface area (Å²) in [5, 5.41) is 11.4. The number of carbonyl (C=O) groups is 2. The van der Waals surface area contributed by atoms with Crippen molar-refractivity contribution >= 4 is 23.6 Å². The number of rotatable bonds is 8. The summed E-state index contributed by atoms with van der Waals surface area (Å²) in [7, 11) is 1.58. The van der Waals surface area contributed by atoms with Gasteiger partial charge < -0.3 is 15.2 Å². The van der Waals surface area contributed by atoms with Gasteiger partial charge in [-0.2, -0.15) is 0 Å². The second-order valence-corrected chi connectivity index (χ2v) is 6.50. The highest BCUT2D eigenvalue weighted by molar-refractivity contribution is 8.00. The maximum Gasteiger partial charge on any atom is 0.326 e. The Bertz CT molecular complexity index is 521. The van der Waals surface area contributed by atoms with Crippen LogP contribution in [0, 0.1) is 5.92 Å². The van der Waals surface area contributed by atoms with E-state index in [0.29, 0.717) is 12.2 Å². The maximum atomic E-state index is 12.2. The average Bonchev–Trinajstić information content (AvgIpc) is 2.51. The Morgan fingerprint density at radius 1 is 1.32 bits per heavy atom. The van der Waals surface area contributed by atoms with Gasteiger partial charge in [0.1, 0.15) is 11.8 Å². The lowest BCUT2D eigenvalue weighted by Crippen LogP contribution is -2.47. The van der Waals surface area contributed by atoms with Crippen molar-refractivity contribution in [2.45, 2.75) is 43.4 Å². The van der Waals surface area contributed by atoms with E-state index in [1.165, 1.54) is 11.8 Å². The third kappa shape index (κ3) is 4.94. The lowest BCUT2D eigenvalue weighted by Gasteiger charge is -2.22. The Labute approximate surface area is 135 Å². The van der Waals surface area contributed by atoms with Crippen molar-refractivity contribution in [1.29, 1.82) is 0 Å². The summed E-state index contributed by atoms with van der Waals surface area (Å²) in [6, 6.07) is 6.56. The molecule has 0 heterocycles. The van der Waals surface area contributed by atoms with E-state index in [2.05, 4.69) is 5.32 Å². The Kier molecular flexibility index (Phi) is 7.24. The predicted molar refractivity (Wildman–Crippen MR) is 87.3 cm³/mol. The molecule has 3 unspecified atom stereocenters. The first-order valence-corrected chi connectivity index (χ1v) is 8.11. The lowest BCUT2D eigenvalue weighted by molar-refractivity contribution is -0.143. The second-order valence-electron chi connectivity index (χ2n) is 5.12. The van der Waals surface area contributed by atoms with E-state index in [1.807, 2.05) is 38.1 Å². The summed E-state index contributed by atoms with van der Waals surface area (Å²) in [5.74, 6) is -0.713. The topological polar surface area (TPSA) is 75.6 Å². The fraction of sp³-hybridized carbons (Fsp3) is 0.500. The largest absolute Gasteiger partial charge is 0.496 e. The van der Waals surface area contributed by atoms with Gasteiger partial charge in [0.2, 0.25) is 5.91 Å². The smallest absolute Gasteiger partial charge is 0.326 e. The number of carbonyl (C=O) groups excluding carboxylic acids is 1. The van der Waals surface area contributed by atoms with Crippen LogP contribution in [0.5, 0.6) is 5.75 Å². The van der Waals surface area contributed by atoms with Gasteiger partial charge in [0.15, 0.2) is 0 Å². The molecule has 5 nitrogen and oxygen atoms in total. The molecule has 122 valence electrons. The zero-order valence-electron chi connectivity index (χ0n) is 13.3. The highest BCUT2D eigenvalue weighted by Crippen LogP contribution is 2.31. The SMILES string of the molecule is CCC(C)C(NC(=O)C(C)Sc1ccccc1OC)C(=O)O. The fourth-order valence-electron chi connectivity index (χ4n) is 1.91. The van der Waals surface area contributed by atoms with Gasteiger partial charge in [-0.1, -0.05) is 32.4 Å². The first-order valence-electron chi connectivity index (χ1n) is 7.23. The van der Waals surface area contributed by atoms with E-state index in [9.17, 15) is 14.7 Å². The number of hydrogen-bond donors (Lipinski definition) is 2. The van der Waals surface area contributed by atoms with Crippen LogP contribution in [0.4, 0.5) is 0 Å². The molecule has 0 spiro atoms. The number of thioether (sulfide) groups is 1. The van der Waals surface area contributed by atoms with E-state index < -0.39 is 17.3 Å². The van der Waals surface area contributed by atoms with Crippen molar-refractivity contribution in [2.75, 3.05) is 7.11 Å². The van der Waals surface area contributed by atoms with Crippen LogP contribution >= 0.6 is 11.8 Å². The zero-order chi connectivity index (χ0) is 16.7. The minimum absolute atomic E-state index is 0.120. The number of carboxylic acid groups (broad SMARTS) is 1. The predicted octanol–water partition coefficient (Wildman–Crippen LogP) is 2.79. The standard InChI is InChI=1S/C16H23NO4S/c1-5-10(2)14(16(19)20)17-15(18)11(3)22-13-9-7-6-8-12(13)21-4/h6-11,14H,5H2,1-4H3,(H,17,18)(H,19,20). The molecule has 22 heavy (non-hydrogen) atoms. The molecule has 0 fully saturated rings. The van der Waals surface area contributed by atoms with Crippen LogP contribution in [0.15, 0.2) is 29.2 Å². The van der Waals surface area contributed by atoms with Gasteiger partial charge in [-0.25, -0.2) is 4.79 Å². The molecule has 0 aliphatic rings. The van der Waals surface area contributed by atoms with Crippen LogP contribution in [0.2, 0.25) is 0 Å². The minimum Gasteiger partial charge on any atom is -0.496 e. The molecule has 0 aliphatic carbocycles. The number of benzene rings is 1. The molecule has 6 heteroatoms.